The molecule has 1 rings (SSSR count). The summed E-state index contributed by atoms with van der Waals surface area (Å²) in [4.78, 5) is 3.48. The van der Waals surface area contributed by atoms with Crippen molar-refractivity contribution in [3.63, 3.8) is 0 Å². The number of alkyl halides is 3. The van der Waals surface area contributed by atoms with Crippen LogP contribution in [0.15, 0.2) is 12.3 Å². The average molecular weight is 291 g/mol. The first-order valence-corrected chi connectivity index (χ1v) is 4.87. The fraction of sp³-hybridized carbons (Fsp3) is 0.444. The van der Waals surface area contributed by atoms with E-state index in [4.69, 9.17) is 22.1 Å². The molecule has 0 saturated heterocycles. The molecule has 0 fully saturated rings. The Labute approximate surface area is 108 Å². The molecule has 0 bridgehead atoms. The predicted molar refractivity (Wildman–Crippen MR) is 60.4 cm³/mol. The van der Waals surface area contributed by atoms with E-state index in [1.807, 2.05) is 0 Å². The summed E-state index contributed by atoms with van der Waals surface area (Å²) in [7, 11) is 0. The van der Waals surface area contributed by atoms with Gasteiger partial charge in [-0.1, -0.05) is 18.5 Å². The Balaban J connectivity index is 0.00000256. The smallest absolute Gasteiger partial charge is 0.417 e. The maximum absolute atomic E-state index is 12.3. The van der Waals surface area contributed by atoms with Crippen LogP contribution in [0.4, 0.5) is 13.2 Å². The van der Waals surface area contributed by atoms with Crippen LogP contribution >= 0.6 is 24.0 Å². The van der Waals surface area contributed by atoms with E-state index in [1.54, 1.807) is 6.92 Å². The largest absolute Gasteiger partial charge is 0.458 e. The zero-order chi connectivity index (χ0) is 12.3. The molecule has 98 valence electrons. The van der Waals surface area contributed by atoms with Gasteiger partial charge in [0.05, 0.1) is 5.56 Å². The topological polar surface area (TPSA) is 48.1 Å². The maximum Gasteiger partial charge on any atom is 0.417 e. The molecule has 2 N–H and O–H groups in total. The molecule has 0 radical (unpaired) electrons. The Morgan fingerprint density at radius 2 is 2.12 bits per heavy atom. The first-order valence-electron chi connectivity index (χ1n) is 4.49. The Hall–Kier alpha value is -0.720. The van der Waals surface area contributed by atoms with Gasteiger partial charge in [0.15, 0.2) is 0 Å². The van der Waals surface area contributed by atoms with E-state index in [2.05, 4.69) is 4.98 Å². The average Bonchev–Trinajstić information content (AvgIpc) is 2.19. The van der Waals surface area contributed by atoms with Crippen molar-refractivity contribution < 1.29 is 17.9 Å². The molecule has 0 unspecified atom stereocenters. The highest BCUT2D eigenvalue weighted by molar-refractivity contribution is 6.31. The van der Waals surface area contributed by atoms with Crippen molar-refractivity contribution in [3.05, 3.63) is 22.8 Å². The van der Waals surface area contributed by atoms with Crippen LogP contribution in [0.25, 0.3) is 0 Å². The van der Waals surface area contributed by atoms with Crippen LogP contribution in [0.3, 0.4) is 0 Å². The predicted octanol–water partition coefficient (Wildman–Crippen LogP) is 3.25. The van der Waals surface area contributed by atoms with Gasteiger partial charge in [-0.05, 0) is 12.5 Å². The molecule has 1 aromatic rings. The van der Waals surface area contributed by atoms with Crippen molar-refractivity contribution in [2.75, 3.05) is 0 Å². The lowest BCUT2D eigenvalue weighted by atomic mass is 10.3. The summed E-state index contributed by atoms with van der Waals surface area (Å²) in [6.45, 7) is 1.77. The van der Waals surface area contributed by atoms with Crippen LogP contribution in [-0.2, 0) is 6.18 Å². The van der Waals surface area contributed by atoms with Gasteiger partial charge >= 0.3 is 6.18 Å². The maximum atomic E-state index is 12.3. The first kappa shape index (κ1) is 16.3. The number of pyridine rings is 1. The van der Waals surface area contributed by atoms with Crippen molar-refractivity contribution in [3.8, 4) is 5.88 Å². The SMILES string of the molecule is CC[C@H](N)Oc1ncc(C(F)(F)F)cc1Cl.Cl. The van der Waals surface area contributed by atoms with Crippen LogP contribution in [0.1, 0.15) is 18.9 Å². The Morgan fingerprint density at radius 1 is 1.53 bits per heavy atom. The summed E-state index contributed by atoms with van der Waals surface area (Å²) < 4.78 is 41.8. The van der Waals surface area contributed by atoms with Crippen LogP contribution in [0.5, 0.6) is 5.88 Å². The molecule has 0 amide bonds. The summed E-state index contributed by atoms with van der Waals surface area (Å²) >= 11 is 5.59. The first-order chi connectivity index (χ1) is 7.34. The number of ether oxygens (including phenoxy) is 1. The third kappa shape index (κ3) is 4.57. The van der Waals surface area contributed by atoms with Gasteiger partial charge in [-0.25, -0.2) is 4.98 Å². The lowest BCUT2D eigenvalue weighted by Gasteiger charge is -2.13. The number of nitrogens with zero attached hydrogens (tertiary/aromatic N) is 1. The van der Waals surface area contributed by atoms with Gasteiger partial charge < -0.3 is 4.74 Å². The molecule has 8 heteroatoms. The van der Waals surface area contributed by atoms with E-state index in [1.165, 1.54) is 0 Å². The zero-order valence-electron chi connectivity index (χ0n) is 8.79. The lowest BCUT2D eigenvalue weighted by Crippen LogP contribution is -2.26. The second-order valence-electron chi connectivity index (χ2n) is 3.07. The highest BCUT2D eigenvalue weighted by atomic mass is 35.5. The summed E-state index contributed by atoms with van der Waals surface area (Å²) in [6, 6.07) is 0.756. The standard InChI is InChI=1S/C9H10ClF3N2O.ClH/c1-2-7(14)16-8-6(10)3-5(4-15-8)9(11,12)13;/h3-4,7H,2,14H2,1H3;1H/t7-;/m1./s1. The van der Waals surface area contributed by atoms with Crippen molar-refractivity contribution in [2.45, 2.75) is 25.7 Å². The zero-order valence-corrected chi connectivity index (χ0v) is 10.4. The molecule has 0 aliphatic carbocycles. The molecule has 0 aromatic carbocycles. The molecule has 0 saturated carbocycles. The summed E-state index contributed by atoms with van der Waals surface area (Å²) in [5.74, 6) is -0.0935. The molecule has 17 heavy (non-hydrogen) atoms. The van der Waals surface area contributed by atoms with E-state index < -0.39 is 18.0 Å². The molecule has 1 atom stereocenters. The van der Waals surface area contributed by atoms with E-state index in [0.29, 0.717) is 12.6 Å². The van der Waals surface area contributed by atoms with Crippen molar-refractivity contribution >= 4 is 24.0 Å². The Morgan fingerprint density at radius 3 is 2.53 bits per heavy atom. The van der Waals surface area contributed by atoms with Crippen molar-refractivity contribution in [1.82, 2.24) is 4.98 Å². The van der Waals surface area contributed by atoms with Gasteiger partial charge in [-0.3, -0.25) is 5.73 Å². The van der Waals surface area contributed by atoms with E-state index in [-0.39, 0.29) is 23.3 Å². The monoisotopic (exact) mass is 290 g/mol. The summed E-state index contributed by atoms with van der Waals surface area (Å²) in [5, 5.41) is -0.210. The van der Waals surface area contributed by atoms with Gasteiger partial charge in [0.25, 0.3) is 0 Å². The number of aromatic nitrogens is 1. The van der Waals surface area contributed by atoms with Gasteiger partial charge in [0.1, 0.15) is 11.3 Å². The molecule has 1 heterocycles. The Kier molecular flexibility index (Phi) is 6.01. The fourth-order valence-corrected chi connectivity index (χ4v) is 1.10. The third-order valence-electron chi connectivity index (χ3n) is 1.80. The molecular formula is C9H11Cl2F3N2O. The second-order valence-corrected chi connectivity index (χ2v) is 3.48. The van der Waals surface area contributed by atoms with Crippen LogP contribution in [0, 0.1) is 0 Å². The van der Waals surface area contributed by atoms with E-state index in [0.717, 1.165) is 6.07 Å². The second kappa shape index (κ2) is 6.28. The van der Waals surface area contributed by atoms with Gasteiger partial charge in [-0.15, -0.1) is 12.4 Å². The van der Waals surface area contributed by atoms with Gasteiger partial charge in [0.2, 0.25) is 5.88 Å². The minimum Gasteiger partial charge on any atom is -0.458 e. The highest BCUT2D eigenvalue weighted by Crippen LogP contribution is 2.33. The molecule has 1 aromatic heterocycles. The lowest BCUT2D eigenvalue weighted by molar-refractivity contribution is -0.137. The van der Waals surface area contributed by atoms with Crippen LogP contribution in [-0.4, -0.2) is 11.2 Å². The van der Waals surface area contributed by atoms with Crippen molar-refractivity contribution in [2.24, 2.45) is 5.73 Å². The summed E-state index contributed by atoms with van der Waals surface area (Å²) in [6.07, 6.45) is -3.95. The molecular weight excluding hydrogens is 280 g/mol. The molecule has 0 aliphatic heterocycles. The molecule has 0 aliphatic rings. The van der Waals surface area contributed by atoms with Crippen LogP contribution < -0.4 is 10.5 Å². The number of hydrogen-bond donors (Lipinski definition) is 1. The Bertz CT molecular complexity index is 374. The van der Waals surface area contributed by atoms with Gasteiger partial charge in [-0.2, -0.15) is 13.2 Å². The number of hydrogen-bond acceptors (Lipinski definition) is 3. The minimum absolute atomic E-state index is 0. The number of nitrogens with two attached hydrogens (primary N) is 1. The molecule has 0 spiro atoms. The van der Waals surface area contributed by atoms with Crippen molar-refractivity contribution in [1.29, 1.82) is 0 Å². The number of halogens is 5. The van der Waals surface area contributed by atoms with Crippen LogP contribution in [0.2, 0.25) is 5.02 Å². The normalized spacial score (nSPS) is 12.8. The third-order valence-corrected chi connectivity index (χ3v) is 2.07. The van der Waals surface area contributed by atoms with E-state index >= 15 is 0 Å². The van der Waals surface area contributed by atoms with E-state index in [9.17, 15) is 13.2 Å². The summed E-state index contributed by atoms with van der Waals surface area (Å²) in [5.41, 5.74) is 4.53. The quantitative estimate of drug-likeness (QED) is 0.870. The highest BCUT2D eigenvalue weighted by Gasteiger charge is 2.31. The molecule has 3 nitrogen and oxygen atoms in total. The fourth-order valence-electron chi connectivity index (χ4n) is 0.894. The van der Waals surface area contributed by atoms with Gasteiger partial charge in [0, 0.05) is 6.20 Å². The minimum atomic E-state index is -4.47. The number of rotatable bonds is 3.